The van der Waals surface area contributed by atoms with Gasteiger partial charge in [0.2, 0.25) is 5.91 Å². The van der Waals surface area contributed by atoms with Gasteiger partial charge in [-0.3, -0.25) is 9.69 Å². The summed E-state index contributed by atoms with van der Waals surface area (Å²) in [6.07, 6.45) is 3.15. The van der Waals surface area contributed by atoms with E-state index >= 15 is 0 Å². The van der Waals surface area contributed by atoms with Crippen molar-refractivity contribution in [3.8, 4) is 0 Å². The van der Waals surface area contributed by atoms with Crippen molar-refractivity contribution in [2.24, 2.45) is 5.92 Å². The summed E-state index contributed by atoms with van der Waals surface area (Å²) in [5, 5.41) is 2.69. The number of rotatable bonds is 4. The lowest BCUT2D eigenvalue weighted by atomic mass is 9.96. The van der Waals surface area contributed by atoms with E-state index in [1.165, 1.54) is 13.4 Å². The summed E-state index contributed by atoms with van der Waals surface area (Å²) in [4.78, 5) is 25.3. The fourth-order valence-electron chi connectivity index (χ4n) is 2.52. The van der Waals surface area contributed by atoms with Gasteiger partial charge < -0.3 is 14.5 Å². The highest BCUT2D eigenvalue weighted by Gasteiger charge is 2.26. The summed E-state index contributed by atoms with van der Waals surface area (Å²) in [5.74, 6) is 0.440. The summed E-state index contributed by atoms with van der Waals surface area (Å²) < 4.78 is 10.1. The fraction of sp³-hybridized carbons (Fsp3) is 0.571. The molecule has 2 heterocycles. The molecule has 1 amide bonds. The largest absolute Gasteiger partial charge is 0.467 e. The molecule has 0 aliphatic carbocycles. The summed E-state index contributed by atoms with van der Waals surface area (Å²) >= 11 is 0. The van der Waals surface area contributed by atoms with Crippen LogP contribution in [0.4, 0.5) is 0 Å². The molecule has 0 saturated carbocycles. The van der Waals surface area contributed by atoms with E-state index in [1.54, 1.807) is 13.1 Å². The minimum atomic E-state index is -0.381. The van der Waals surface area contributed by atoms with Gasteiger partial charge in [0.05, 0.1) is 19.9 Å². The molecular formula is C14H20N2O4. The van der Waals surface area contributed by atoms with Gasteiger partial charge in [0.15, 0.2) is 0 Å². The summed E-state index contributed by atoms with van der Waals surface area (Å²) in [5.41, 5.74) is 0.473. The maximum atomic E-state index is 11.6. The quantitative estimate of drug-likeness (QED) is 0.834. The first-order chi connectivity index (χ1) is 9.65. The maximum absolute atomic E-state index is 11.6. The number of hydrogen-bond donors (Lipinski definition) is 1. The van der Waals surface area contributed by atoms with Crippen LogP contribution in [-0.4, -0.2) is 44.0 Å². The van der Waals surface area contributed by atoms with Crippen LogP contribution in [0.1, 0.15) is 29.0 Å². The first-order valence-corrected chi connectivity index (χ1v) is 6.74. The van der Waals surface area contributed by atoms with Gasteiger partial charge >= 0.3 is 5.97 Å². The Bertz CT molecular complexity index is 475. The molecule has 6 heteroatoms. The predicted octanol–water partition coefficient (Wildman–Crippen LogP) is 1.02. The van der Waals surface area contributed by atoms with E-state index in [0.29, 0.717) is 17.9 Å². The normalized spacial score (nSPS) is 16.9. The molecule has 1 aromatic rings. The topological polar surface area (TPSA) is 71.8 Å². The molecule has 6 nitrogen and oxygen atoms in total. The van der Waals surface area contributed by atoms with Crippen molar-refractivity contribution in [1.82, 2.24) is 10.2 Å². The van der Waals surface area contributed by atoms with Crippen molar-refractivity contribution in [2.45, 2.75) is 19.4 Å². The van der Waals surface area contributed by atoms with E-state index in [-0.39, 0.29) is 17.8 Å². The highest BCUT2D eigenvalue weighted by molar-refractivity contribution is 5.90. The molecule has 1 aliphatic rings. The third kappa shape index (κ3) is 3.19. The number of ether oxygens (including phenoxy) is 1. The Kier molecular flexibility index (Phi) is 4.79. The molecule has 0 aromatic carbocycles. The zero-order valence-corrected chi connectivity index (χ0v) is 11.8. The number of methoxy groups -OCH3 is 1. The lowest BCUT2D eigenvalue weighted by Crippen LogP contribution is -2.39. The van der Waals surface area contributed by atoms with E-state index in [1.807, 2.05) is 0 Å². The van der Waals surface area contributed by atoms with Crippen molar-refractivity contribution in [3.05, 3.63) is 23.7 Å². The number of carbonyl (C=O) groups excluding carboxylic acids is 2. The van der Waals surface area contributed by atoms with E-state index < -0.39 is 0 Å². The van der Waals surface area contributed by atoms with Gasteiger partial charge in [-0.05, 0) is 32.0 Å². The SMILES string of the molecule is CNC(=O)C1CCN(Cc2occc2C(=O)OC)CC1. The van der Waals surface area contributed by atoms with Crippen molar-refractivity contribution >= 4 is 11.9 Å². The third-order valence-electron chi connectivity index (χ3n) is 3.72. The molecule has 0 bridgehead atoms. The second kappa shape index (κ2) is 6.56. The lowest BCUT2D eigenvalue weighted by molar-refractivity contribution is -0.125. The Balaban J connectivity index is 1.91. The van der Waals surface area contributed by atoms with E-state index in [9.17, 15) is 9.59 Å². The minimum absolute atomic E-state index is 0.0907. The molecule has 1 N–H and O–H groups in total. The average molecular weight is 280 g/mol. The zero-order valence-electron chi connectivity index (χ0n) is 11.8. The second-order valence-corrected chi connectivity index (χ2v) is 4.91. The number of piperidine rings is 1. The lowest BCUT2D eigenvalue weighted by Gasteiger charge is -2.30. The Morgan fingerprint density at radius 2 is 2.15 bits per heavy atom. The molecule has 1 aromatic heterocycles. The van der Waals surface area contributed by atoms with Crippen LogP contribution in [0.15, 0.2) is 16.7 Å². The number of hydrogen-bond acceptors (Lipinski definition) is 5. The van der Waals surface area contributed by atoms with Crippen molar-refractivity contribution in [1.29, 1.82) is 0 Å². The summed E-state index contributed by atoms with van der Waals surface area (Å²) in [6.45, 7) is 2.21. The number of nitrogens with one attached hydrogen (secondary N) is 1. The van der Waals surface area contributed by atoms with E-state index in [2.05, 4.69) is 10.2 Å². The number of likely N-dealkylation sites (tertiary alicyclic amines) is 1. The molecular weight excluding hydrogens is 260 g/mol. The predicted molar refractivity (Wildman–Crippen MR) is 72.1 cm³/mol. The van der Waals surface area contributed by atoms with Crippen LogP contribution in [0.2, 0.25) is 0 Å². The number of esters is 1. The van der Waals surface area contributed by atoms with E-state index in [0.717, 1.165) is 25.9 Å². The highest BCUT2D eigenvalue weighted by atomic mass is 16.5. The third-order valence-corrected chi connectivity index (χ3v) is 3.72. The molecule has 0 radical (unpaired) electrons. The number of amides is 1. The molecule has 2 rings (SSSR count). The first kappa shape index (κ1) is 14.6. The molecule has 1 fully saturated rings. The minimum Gasteiger partial charge on any atom is -0.467 e. The van der Waals surface area contributed by atoms with E-state index in [4.69, 9.17) is 9.15 Å². The fourth-order valence-corrected chi connectivity index (χ4v) is 2.52. The van der Waals surface area contributed by atoms with Crippen LogP contribution in [0.5, 0.6) is 0 Å². The monoisotopic (exact) mass is 280 g/mol. The first-order valence-electron chi connectivity index (χ1n) is 6.74. The number of furan rings is 1. The van der Waals surface area contributed by atoms with Gasteiger partial charge in [0.25, 0.3) is 0 Å². The zero-order chi connectivity index (χ0) is 14.5. The van der Waals surface area contributed by atoms with Crippen molar-refractivity contribution in [2.75, 3.05) is 27.2 Å². The van der Waals surface area contributed by atoms with Crippen LogP contribution in [0.3, 0.4) is 0 Å². The second-order valence-electron chi connectivity index (χ2n) is 4.91. The Morgan fingerprint density at radius 1 is 1.45 bits per heavy atom. The van der Waals surface area contributed by atoms with Gasteiger partial charge in [-0.2, -0.15) is 0 Å². The molecule has 0 atom stereocenters. The van der Waals surface area contributed by atoms with Gasteiger partial charge in [-0.25, -0.2) is 4.79 Å². The maximum Gasteiger partial charge on any atom is 0.341 e. The Morgan fingerprint density at radius 3 is 2.75 bits per heavy atom. The van der Waals surface area contributed by atoms with Gasteiger partial charge in [-0.1, -0.05) is 0 Å². The van der Waals surface area contributed by atoms with Gasteiger partial charge in [0, 0.05) is 13.0 Å². The molecule has 1 aliphatic heterocycles. The van der Waals surface area contributed by atoms with Crippen LogP contribution in [-0.2, 0) is 16.1 Å². The van der Waals surface area contributed by atoms with Gasteiger partial charge in [-0.15, -0.1) is 0 Å². The molecule has 1 saturated heterocycles. The Labute approximate surface area is 118 Å². The summed E-state index contributed by atoms with van der Waals surface area (Å²) in [7, 11) is 3.02. The number of nitrogens with zero attached hydrogens (tertiary/aromatic N) is 1. The smallest absolute Gasteiger partial charge is 0.341 e. The van der Waals surface area contributed by atoms with Crippen LogP contribution in [0.25, 0.3) is 0 Å². The average Bonchev–Trinajstić information content (AvgIpc) is 2.94. The molecule has 0 spiro atoms. The van der Waals surface area contributed by atoms with Crippen LogP contribution >= 0.6 is 0 Å². The Hall–Kier alpha value is -1.82. The molecule has 110 valence electrons. The summed E-state index contributed by atoms with van der Waals surface area (Å²) in [6, 6.07) is 1.62. The molecule has 20 heavy (non-hydrogen) atoms. The van der Waals surface area contributed by atoms with Crippen molar-refractivity contribution in [3.63, 3.8) is 0 Å². The number of carbonyl (C=O) groups is 2. The van der Waals surface area contributed by atoms with Crippen LogP contribution in [0, 0.1) is 5.92 Å². The standard InChI is InChI=1S/C14H20N2O4/c1-15-13(17)10-3-6-16(7-4-10)9-12-11(5-8-20-12)14(18)19-2/h5,8,10H,3-4,6-7,9H2,1-2H3,(H,15,17). The highest BCUT2D eigenvalue weighted by Crippen LogP contribution is 2.21. The van der Waals surface area contributed by atoms with Crippen LogP contribution < -0.4 is 5.32 Å². The molecule has 0 unspecified atom stereocenters. The van der Waals surface area contributed by atoms with Crippen molar-refractivity contribution < 1.29 is 18.7 Å². The van der Waals surface area contributed by atoms with Gasteiger partial charge in [0.1, 0.15) is 11.3 Å².